The number of primary sulfonamides is 1. The first-order valence-corrected chi connectivity index (χ1v) is 10.5. The minimum absolute atomic E-state index is 0.0396. The number of carbonyl (C=O) groups excluding carboxylic acids is 1. The van der Waals surface area contributed by atoms with Gasteiger partial charge in [0.1, 0.15) is 0 Å². The fraction of sp³-hybridized carbons (Fsp3) is 0.143. The Kier molecular flexibility index (Phi) is 5.95. The molecule has 0 bridgehead atoms. The molecule has 8 heteroatoms. The zero-order valence-corrected chi connectivity index (χ0v) is 17.0. The Morgan fingerprint density at radius 3 is 2.41 bits per heavy atom. The van der Waals surface area contributed by atoms with Gasteiger partial charge in [-0.15, -0.1) is 0 Å². The lowest BCUT2D eigenvalue weighted by molar-refractivity contribution is -0.126. The van der Waals surface area contributed by atoms with Crippen LogP contribution in [-0.2, 0) is 14.8 Å². The third-order valence-corrected chi connectivity index (χ3v) is 5.59. The molecule has 7 nitrogen and oxygen atoms in total. The van der Waals surface area contributed by atoms with E-state index in [1.54, 1.807) is 41.0 Å². The number of sulfonamides is 1. The van der Waals surface area contributed by atoms with E-state index in [9.17, 15) is 13.2 Å². The number of hydrogen-bond donors (Lipinski definition) is 1. The summed E-state index contributed by atoms with van der Waals surface area (Å²) in [6.07, 6.45) is 6.73. The van der Waals surface area contributed by atoms with Crippen LogP contribution in [0.4, 0.5) is 0 Å². The molecule has 0 aliphatic rings. The molecule has 150 valence electrons. The van der Waals surface area contributed by atoms with Crippen LogP contribution in [0, 0.1) is 0 Å². The SMILES string of the molecule is CC(c1ccc(S(N)(=O)=O)cc1)N(C)C(=O)/C=C/c1cnn(-c2ccccc2)c1. The normalized spacial score (nSPS) is 12.8. The Hall–Kier alpha value is -3.23. The number of amides is 1. The fourth-order valence-corrected chi connectivity index (χ4v) is 3.30. The summed E-state index contributed by atoms with van der Waals surface area (Å²) >= 11 is 0. The molecule has 1 unspecified atom stereocenters. The first-order chi connectivity index (χ1) is 13.8. The zero-order chi connectivity index (χ0) is 21.0. The number of hydrogen-bond acceptors (Lipinski definition) is 4. The van der Waals surface area contributed by atoms with Crippen molar-refractivity contribution >= 4 is 22.0 Å². The first-order valence-electron chi connectivity index (χ1n) is 8.93. The minimum atomic E-state index is -3.74. The Balaban J connectivity index is 1.68. The van der Waals surface area contributed by atoms with Gasteiger partial charge in [0.2, 0.25) is 15.9 Å². The molecule has 1 aromatic heterocycles. The topological polar surface area (TPSA) is 98.3 Å². The highest BCUT2D eigenvalue weighted by Gasteiger charge is 2.16. The molecule has 1 atom stereocenters. The number of nitrogens with two attached hydrogens (primary N) is 1. The number of likely N-dealkylation sites (N-methyl/N-ethyl adjacent to an activating group) is 1. The van der Waals surface area contributed by atoms with Crippen molar-refractivity contribution in [1.29, 1.82) is 0 Å². The summed E-state index contributed by atoms with van der Waals surface area (Å²) in [6, 6.07) is 15.6. The maximum Gasteiger partial charge on any atom is 0.246 e. The molecule has 2 aromatic carbocycles. The molecule has 1 heterocycles. The molecule has 0 aliphatic carbocycles. The van der Waals surface area contributed by atoms with Gasteiger partial charge in [0.15, 0.2) is 0 Å². The zero-order valence-electron chi connectivity index (χ0n) is 16.1. The van der Waals surface area contributed by atoms with E-state index in [4.69, 9.17) is 5.14 Å². The Labute approximate surface area is 170 Å². The molecule has 3 aromatic rings. The van der Waals surface area contributed by atoms with Crippen LogP contribution < -0.4 is 5.14 Å². The average molecular weight is 410 g/mol. The van der Waals surface area contributed by atoms with E-state index in [0.29, 0.717) is 0 Å². The maximum absolute atomic E-state index is 12.5. The van der Waals surface area contributed by atoms with Gasteiger partial charge in [-0.05, 0) is 42.8 Å². The third kappa shape index (κ3) is 4.98. The van der Waals surface area contributed by atoms with Crippen molar-refractivity contribution in [3.8, 4) is 5.69 Å². The number of carbonyl (C=O) groups is 1. The van der Waals surface area contributed by atoms with Gasteiger partial charge in [0.05, 0.1) is 22.8 Å². The number of para-hydroxylation sites is 1. The van der Waals surface area contributed by atoms with Gasteiger partial charge in [-0.1, -0.05) is 30.3 Å². The standard InChI is InChI=1S/C21H22N4O3S/c1-16(18-9-11-20(12-10-18)29(22,27)28)24(2)21(26)13-8-17-14-23-25(15-17)19-6-4-3-5-7-19/h3-16H,1-2H3,(H2,22,27,28)/b13-8+. The quantitative estimate of drug-likeness (QED) is 0.632. The van der Waals surface area contributed by atoms with Crippen molar-refractivity contribution in [3.05, 3.63) is 84.2 Å². The van der Waals surface area contributed by atoms with Gasteiger partial charge in [-0.2, -0.15) is 5.10 Å². The lowest BCUT2D eigenvalue weighted by atomic mass is 10.1. The molecule has 0 aliphatic heterocycles. The molecule has 0 fully saturated rings. The second-order valence-electron chi connectivity index (χ2n) is 6.63. The molecule has 29 heavy (non-hydrogen) atoms. The van der Waals surface area contributed by atoms with E-state index in [-0.39, 0.29) is 16.8 Å². The minimum Gasteiger partial charge on any atom is -0.335 e. The Morgan fingerprint density at radius 2 is 1.79 bits per heavy atom. The van der Waals surface area contributed by atoms with Crippen molar-refractivity contribution in [2.45, 2.75) is 17.9 Å². The van der Waals surface area contributed by atoms with Crippen LogP contribution in [0.15, 0.2) is 78.0 Å². The van der Waals surface area contributed by atoms with Gasteiger partial charge >= 0.3 is 0 Å². The molecule has 3 rings (SSSR count). The second kappa shape index (κ2) is 8.42. The lowest BCUT2D eigenvalue weighted by Crippen LogP contribution is -2.28. The van der Waals surface area contributed by atoms with Crippen molar-refractivity contribution in [3.63, 3.8) is 0 Å². The maximum atomic E-state index is 12.5. The highest BCUT2D eigenvalue weighted by Crippen LogP contribution is 2.21. The number of rotatable bonds is 6. The Bertz CT molecular complexity index is 1120. The van der Waals surface area contributed by atoms with E-state index in [1.165, 1.54) is 18.2 Å². The summed E-state index contributed by atoms with van der Waals surface area (Å²) in [5.41, 5.74) is 2.55. The van der Waals surface area contributed by atoms with Crippen molar-refractivity contribution in [1.82, 2.24) is 14.7 Å². The largest absolute Gasteiger partial charge is 0.335 e. The summed E-state index contributed by atoms with van der Waals surface area (Å²) < 4.78 is 24.5. The average Bonchev–Trinajstić information content (AvgIpc) is 3.20. The van der Waals surface area contributed by atoms with E-state index in [1.807, 2.05) is 43.5 Å². The van der Waals surface area contributed by atoms with Gasteiger partial charge in [0, 0.05) is 24.9 Å². The molecular formula is C21H22N4O3S. The van der Waals surface area contributed by atoms with Crippen LogP contribution in [0.1, 0.15) is 24.1 Å². The summed E-state index contributed by atoms with van der Waals surface area (Å²) in [5, 5.41) is 9.42. The van der Waals surface area contributed by atoms with Crippen LogP contribution in [0.5, 0.6) is 0 Å². The van der Waals surface area contributed by atoms with Crippen molar-refractivity contribution in [2.24, 2.45) is 5.14 Å². The Morgan fingerprint density at radius 1 is 1.14 bits per heavy atom. The molecule has 0 saturated heterocycles. The van der Waals surface area contributed by atoms with Gasteiger partial charge in [0.25, 0.3) is 0 Å². The van der Waals surface area contributed by atoms with Gasteiger partial charge in [-0.25, -0.2) is 18.2 Å². The predicted octanol–water partition coefficient (Wildman–Crippen LogP) is 2.75. The molecule has 0 radical (unpaired) electrons. The van der Waals surface area contributed by atoms with Crippen LogP contribution in [-0.4, -0.2) is 36.1 Å². The van der Waals surface area contributed by atoms with E-state index >= 15 is 0 Å². The van der Waals surface area contributed by atoms with Gasteiger partial charge in [-0.3, -0.25) is 4.79 Å². The summed E-state index contributed by atoms with van der Waals surface area (Å²) in [6.45, 7) is 1.87. The number of nitrogens with zero attached hydrogens (tertiary/aromatic N) is 3. The summed E-state index contributed by atoms with van der Waals surface area (Å²) in [7, 11) is -2.05. The van der Waals surface area contributed by atoms with E-state index in [2.05, 4.69) is 5.10 Å². The third-order valence-electron chi connectivity index (χ3n) is 4.66. The van der Waals surface area contributed by atoms with Crippen molar-refractivity contribution < 1.29 is 13.2 Å². The van der Waals surface area contributed by atoms with Crippen LogP contribution in [0.3, 0.4) is 0 Å². The monoisotopic (exact) mass is 410 g/mol. The fourth-order valence-electron chi connectivity index (χ4n) is 2.78. The number of benzene rings is 2. The van der Waals surface area contributed by atoms with Crippen LogP contribution in [0.2, 0.25) is 0 Å². The van der Waals surface area contributed by atoms with Crippen molar-refractivity contribution in [2.75, 3.05) is 7.05 Å². The highest BCUT2D eigenvalue weighted by molar-refractivity contribution is 7.89. The van der Waals surface area contributed by atoms with E-state index < -0.39 is 10.0 Å². The smallest absolute Gasteiger partial charge is 0.246 e. The van der Waals surface area contributed by atoms with Crippen LogP contribution in [0.25, 0.3) is 11.8 Å². The van der Waals surface area contributed by atoms with Gasteiger partial charge < -0.3 is 4.90 Å². The van der Waals surface area contributed by atoms with E-state index in [0.717, 1.165) is 16.8 Å². The second-order valence-corrected chi connectivity index (χ2v) is 8.19. The molecule has 0 spiro atoms. The predicted molar refractivity (Wildman–Crippen MR) is 112 cm³/mol. The lowest BCUT2D eigenvalue weighted by Gasteiger charge is -2.24. The molecule has 0 saturated carbocycles. The summed E-state index contributed by atoms with van der Waals surface area (Å²) in [5.74, 6) is -0.180. The number of aromatic nitrogens is 2. The summed E-state index contributed by atoms with van der Waals surface area (Å²) in [4.78, 5) is 14.1. The molecule has 1 amide bonds. The molecular weight excluding hydrogens is 388 g/mol. The highest BCUT2D eigenvalue weighted by atomic mass is 32.2. The van der Waals surface area contributed by atoms with Crippen LogP contribution >= 0.6 is 0 Å². The molecule has 2 N–H and O–H groups in total. The first kappa shape index (κ1) is 20.5.